The molecule has 0 bridgehead atoms. The molecule has 0 unspecified atom stereocenters. The van der Waals surface area contributed by atoms with Crippen molar-refractivity contribution in [3.63, 3.8) is 0 Å². The summed E-state index contributed by atoms with van der Waals surface area (Å²) in [6.07, 6.45) is 0. The third-order valence-corrected chi connectivity index (χ3v) is 21.5. The molecule has 1 aliphatic heterocycles. The van der Waals surface area contributed by atoms with Crippen molar-refractivity contribution in [1.29, 1.82) is 0 Å². The molecule has 0 radical (unpaired) electrons. The van der Waals surface area contributed by atoms with E-state index in [0.29, 0.717) is 0 Å². The molecule has 2 heteroatoms. The lowest BCUT2D eigenvalue weighted by Gasteiger charge is -2.42. The fraction of sp³-hybridized carbons (Fsp3) is 0.0435. The van der Waals surface area contributed by atoms with E-state index in [-0.39, 0.29) is 0 Å². The fourth-order valence-corrected chi connectivity index (χ4v) is 17.5. The summed E-state index contributed by atoms with van der Waals surface area (Å²) in [5.74, 6) is 0. The summed E-state index contributed by atoms with van der Waals surface area (Å²) in [6.45, 7) is 4.87. The molecule has 1 aliphatic carbocycles. The molecule has 0 saturated carbocycles. The van der Waals surface area contributed by atoms with Gasteiger partial charge in [0.2, 0.25) is 0 Å². The summed E-state index contributed by atoms with van der Waals surface area (Å²) >= 11 is 0. The Hall–Kier alpha value is -11.8. The highest BCUT2D eigenvalue weighted by molar-refractivity contribution is 6.29. The summed E-state index contributed by atoms with van der Waals surface area (Å²) in [5, 5.41) is 17.6. The number of anilines is 3. The minimum absolute atomic E-state index is 0.392. The van der Waals surface area contributed by atoms with Gasteiger partial charge in [-0.05, 0) is 204 Å². The smallest absolute Gasteiger partial charge is 0.0719 e. The van der Waals surface area contributed by atoms with Crippen molar-refractivity contribution in [2.75, 3.05) is 4.90 Å². The number of nitrogens with zero attached hydrogens (tertiary/aromatic N) is 2. The van der Waals surface area contributed by atoms with Crippen LogP contribution in [-0.2, 0) is 10.8 Å². The molecule has 2 heterocycles. The highest BCUT2D eigenvalue weighted by Crippen LogP contribution is 2.61. The number of hydrogen-bond donors (Lipinski definition) is 0. The maximum Gasteiger partial charge on any atom is 0.0719 e. The molecular formula is C92H60N2. The lowest BCUT2D eigenvalue weighted by molar-refractivity contribution is 0.632. The number of fused-ring (bicyclic) bond motifs is 12. The van der Waals surface area contributed by atoms with Gasteiger partial charge in [-0.3, -0.25) is 0 Å². The molecule has 2 aliphatic rings. The summed E-state index contributed by atoms with van der Waals surface area (Å²) < 4.78 is 2.55. The van der Waals surface area contributed by atoms with Crippen LogP contribution in [0.3, 0.4) is 0 Å². The van der Waals surface area contributed by atoms with Crippen LogP contribution in [0.1, 0.15) is 47.2 Å². The Labute approximate surface area is 545 Å². The van der Waals surface area contributed by atoms with E-state index in [1.165, 1.54) is 181 Å². The SMILES string of the molecule is CC1(C)c2cc(-c3ccc4c(c3)c3ccccc3n4-c3cc4cc5c(c6ccc7cccc3c7c46)C(c3ccccc3)(c3ccccc3)c3ccccc3-5)ccc2N(c2ccccc2)c2ccc(-c3c4ccccc4c(-c4cccc5ccccc45)c4ccccc34)cc21. The Bertz CT molecular complexity index is 6090. The molecule has 0 fully saturated rings. The molecule has 17 aromatic carbocycles. The number of aromatic nitrogens is 1. The molecule has 20 rings (SSSR count). The summed E-state index contributed by atoms with van der Waals surface area (Å²) in [5.41, 5.74) is 24.0. The molecule has 438 valence electrons. The lowest BCUT2D eigenvalue weighted by Crippen LogP contribution is -2.30. The second-order valence-electron chi connectivity index (χ2n) is 26.5. The first-order valence-corrected chi connectivity index (χ1v) is 33.0. The number of rotatable bonds is 7. The zero-order valence-electron chi connectivity index (χ0n) is 52.1. The van der Waals surface area contributed by atoms with Crippen LogP contribution in [0.25, 0.3) is 137 Å². The van der Waals surface area contributed by atoms with Crippen LogP contribution in [0, 0.1) is 0 Å². The lowest BCUT2D eigenvalue weighted by atomic mass is 9.66. The zero-order valence-corrected chi connectivity index (χ0v) is 52.1. The fourth-order valence-electron chi connectivity index (χ4n) is 17.5. The van der Waals surface area contributed by atoms with Crippen molar-refractivity contribution < 1.29 is 0 Å². The minimum Gasteiger partial charge on any atom is -0.310 e. The van der Waals surface area contributed by atoms with E-state index in [4.69, 9.17) is 0 Å². The van der Waals surface area contributed by atoms with Gasteiger partial charge in [0.25, 0.3) is 0 Å². The third-order valence-electron chi connectivity index (χ3n) is 21.5. The number of benzene rings is 17. The van der Waals surface area contributed by atoms with E-state index >= 15 is 0 Å². The van der Waals surface area contributed by atoms with Gasteiger partial charge in [0.05, 0.1) is 33.5 Å². The Balaban J connectivity index is 0.757. The van der Waals surface area contributed by atoms with E-state index in [1.807, 2.05) is 0 Å². The van der Waals surface area contributed by atoms with Crippen LogP contribution in [-0.4, -0.2) is 4.57 Å². The maximum absolute atomic E-state index is 2.55. The van der Waals surface area contributed by atoms with Crippen LogP contribution in [0.2, 0.25) is 0 Å². The van der Waals surface area contributed by atoms with Crippen molar-refractivity contribution in [2.45, 2.75) is 24.7 Å². The first kappa shape index (κ1) is 52.9. The second-order valence-corrected chi connectivity index (χ2v) is 26.5. The van der Waals surface area contributed by atoms with E-state index in [2.05, 4.69) is 351 Å². The maximum atomic E-state index is 2.55. The minimum atomic E-state index is -0.522. The molecule has 1 aromatic heterocycles. The molecule has 0 atom stereocenters. The van der Waals surface area contributed by atoms with E-state index in [0.717, 1.165) is 5.69 Å². The van der Waals surface area contributed by atoms with Crippen LogP contribution in [0.15, 0.2) is 328 Å². The Morgan fingerprint density at radius 3 is 1.50 bits per heavy atom. The molecule has 94 heavy (non-hydrogen) atoms. The summed E-state index contributed by atoms with van der Waals surface area (Å²) in [7, 11) is 0. The molecule has 18 aromatic rings. The first-order chi connectivity index (χ1) is 46.4. The standard InChI is InChI=1S/C92H60N2/c1-91(2)79-54-60(46-50-83(79)93(65-31-10-5-11-32-65)84-51-47-61(55-80(84)91)86-70-36-14-16-38-72(70)89(73-39-17-15-37-71(73)86)69-40-22-25-57-24-12-13-33-66(57)69)59-45-49-82-76(52-59)68-35-19-21-43-81(68)94(82)85-56-62-53-77-67-34-18-20-42-78(67)92(63-27-6-3-7-28-63,64-29-8-4-9-30-64)90(77)75-48-44-58-26-23-41-74(85)87(58)88(62)75/h3-56H,1-2H3. The van der Waals surface area contributed by atoms with Crippen LogP contribution in [0.4, 0.5) is 17.1 Å². The van der Waals surface area contributed by atoms with Crippen LogP contribution < -0.4 is 4.90 Å². The summed E-state index contributed by atoms with van der Waals surface area (Å²) in [6, 6.07) is 124. The molecule has 0 spiro atoms. The molecular weight excluding hydrogens is 1130 g/mol. The van der Waals surface area contributed by atoms with Gasteiger partial charge in [-0.2, -0.15) is 0 Å². The topological polar surface area (TPSA) is 8.17 Å². The number of hydrogen-bond acceptors (Lipinski definition) is 1. The Morgan fingerprint density at radius 2 is 0.777 bits per heavy atom. The zero-order chi connectivity index (χ0) is 62.0. The van der Waals surface area contributed by atoms with E-state index in [9.17, 15) is 0 Å². The van der Waals surface area contributed by atoms with E-state index in [1.54, 1.807) is 0 Å². The number of para-hydroxylation sites is 2. The molecule has 0 N–H and O–H groups in total. The van der Waals surface area contributed by atoms with Gasteiger partial charge < -0.3 is 9.47 Å². The molecule has 0 amide bonds. The second kappa shape index (κ2) is 19.8. The predicted octanol–water partition coefficient (Wildman–Crippen LogP) is 24.6. The van der Waals surface area contributed by atoms with Crippen molar-refractivity contribution in [3.05, 3.63) is 361 Å². The van der Waals surface area contributed by atoms with Crippen molar-refractivity contribution >= 4 is 104 Å². The van der Waals surface area contributed by atoms with Crippen molar-refractivity contribution in [3.8, 4) is 50.2 Å². The van der Waals surface area contributed by atoms with Gasteiger partial charge in [-0.1, -0.05) is 275 Å². The van der Waals surface area contributed by atoms with Gasteiger partial charge >= 0.3 is 0 Å². The van der Waals surface area contributed by atoms with Gasteiger partial charge in [0, 0.05) is 27.3 Å². The Kier molecular flexibility index (Phi) is 11.2. The van der Waals surface area contributed by atoms with Crippen molar-refractivity contribution in [2.24, 2.45) is 0 Å². The predicted molar refractivity (Wildman–Crippen MR) is 397 cm³/mol. The van der Waals surface area contributed by atoms with Gasteiger partial charge in [0.15, 0.2) is 0 Å². The summed E-state index contributed by atoms with van der Waals surface area (Å²) in [4.78, 5) is 2.49. The van der Waals surface area contributed by atoms with Crippen LogP contribution in [0.5, 0.6) is 0 Å². The van der Waals surface area contributed by atoms with E-state index < -0.39 is 10.8 Å². The van der Waals surface area contributed by atoms with Crippen molar-refractivity contribution in [1.82, 2.24) is 4.57 Å². The normalized spacial score (nSPS) is 13.8. The first-order valence-electron chi connectivity index (χ1n) is 33.0. The average molecular weight is 1190 g/mol. The van der Waals surface area contributed by atoms with Gasteiger partial charge in [0.1, 0.15) is 0 Å². The van der Waals surface area contributed by atoms with Gasteiger partial charge in [-0.15, -0.1) is 0 Å². The Morgan fingerprint density at radius 1 is 0.266 bits per heavy atom. The highest BCUT2D eigenvalue weighted by atomic mass is 15.2. The average Bonchev–Trinajstić information content (AvgIpc) is 1.48. The van der Waals surface area contributed by atoms with Crippen LogP contribution >= 0.6 is 0 Å². The van der Waals surface area contributed by atoms with Gasteiger partial charge in [-0.25, -0.2) is 0 Å². The highest BCUT2D eigenvalue weighted by Gasteiger charge is 2.48. The largest absolute Gasteiger partial charge is 0.310 e. The molecule has 2 nitrogen and oxygen atoms in total. The third kappa shape index (κ3) is 7.25. The molecule has 0 saturated heterocycles. The quantitative estimate of drug-likeness (QED) is 0.114. The monoisotopic (exact) mass is 1190 g/mol.